The van der Waals surface area contributed by atoms with Gasteiger partial charge in [-0.15, -0.1) is 0 Å². The summed E-state index contributed by atoms with van der Waals surface area (Å²) in [6, 6.07) is 0. The zero-order valence-electron chi connectivity index (χ0n) is 42.1. The summed E-state index contributed by atoms with van der Waals surface area (Å²) in [5, 5.41) is 0. The summed E-state index contributed by atoms with van der Waals surface area (Å²) in [5.74, 6) is -0.886. The highest BCUT2D eigenvalue weighted by molar-refractivity contribution is 5.71. The Morgan fingerprint density at radius 1 is 0.317 bits per heavy atom. The zero-order valence-corrected chi connectivity index (χ0v) is 42.1. The molecule has 1 atom stereocenters. The smallest absolute Gasteiger partial charge is 0.306 e. The summed E-state index contributed by atoms with van der Waals surface area (Å²) in [4.78, 5) is 38.0. The minimum atomic E-state index is -0.779. The number of unbranched alkanes of at least 4 members (excludes halogenated alkanes) is 33. The van der Waals surface area contributed by atoms with E-state index in [-0.39, 0.29) is 31.1 Å². The van der Waals surface area contributed by atoms with Gasteiger partial charge in [0.15, 0.2) is 6.10 Å². The molecule has 6 nitrogen and oxygen atoms in total. The molecule has 0 radical (unpaired) electrons. The molecular weight excluding hydrogens is 781 g/mol. The molecule has 0 fully saturated rings. The molecule has 0 aromatic carbocycles. The van der Waals surface area contributed by atoms with Gasteiger partial charge in [-0.2, -0.15) is 0 Å². The second-order valence-electron chi connectivity index (χ2n) is 18.5. The molecular formula is C57H104O6. The van der Waals surface area contributed by atoms with Crippen molar-refractivity contribution >= 4 is 17.9 Å². The number of carbonyl (C=O) groups excluding carboxylic acids is 3. The van der Waals surface area contributed by atoms with Gasteiger partial charge in [0, 0.05) is 19.3 Å². The normalized spacial score (nSPS) is 12.2. The van der Waals surface area contributed by atoms with Crippen molar-refractivity contribution in [2.45, 2.75) is 297 Å². The average Bonchev–Trinajstić information content (AvgIpc) is 3.28. The molecule has 0 amide bonds. The summed E-state index contributed by atoms with van der Waals surface area (Å²) in [6.07, 6.45) is 61.2. The van der Waals surface area contributed by atoms with Crippen molar-refractivity contribution in [2.75, 3.05) is 13.2 Å². The molecule has 0 saturated carbocycles. The minimum Gasteiger partial charge on any atom is -0.462 e. The predicted molar refractivity (Wildman–Crippen MR) is 270 cm³/mol. The number of esters is 3. The molecule has 368 valence electrons. The van der Waals surface area contributed by atoms with Crippen LogP contribution in [0, 0.1) is 0 Å². The molecule has 0 aliphatic heterocycles. The maximum absolute atomic E-state index is 12.8. The highest BCUT2D eigenvalue weighted by Crippen LogP contribution is 2.16. The van der Waals surface area contributed by atoms with Gasteiger partial charge in [0.1, 0.15) is 13.2 Å². The summed E-state index contributed by atoms with van der Waals surface area (Å²) < 4.78 is 16.8. The van der Waals surface area contributed by atoms with Crippen LogP contribution in [0.25, 0.3) is 0 Å². The molecule has 0 saturated heterocycles. The lowest BCUT2D eigenvalue weighted by Gasteiger charge is -2.18. The van der Waals surface area contributed by atoms with E-state index in [0.717, 1.165) is 83.5 Å². The van der Waals surface area contributed by atoms with E-state index in [9.17, 15) is 14.4 Å². The third kappa shape index (κ3) is 50.5. The van der Waals surface area contributed by atoms with Gasteiger partial charge in [-0.25, -0.2) is 0 Å². The number of hydrogen-bond donors (Lipinski definition) is 0. The van der Waals surface area contributed by atoms with Crippen LogP contribution in [0.5, 0.6) is 0 Å². The molecule has 0 aliphatic rings. The van der Waals surface area contributed by atoms with E-state index in [1.54, 1.807) is 0 Å². The molecule has 0 aromatic rings. The second-order valence-corrected chi connectivity index (χ2v) is 18.5. The molecule has 0 heterocycles. The lowest BCUT2D eigenvalue weighted by Crippen LogP contribution is -2.30. The quantitative estimate of drug-likeness (QED) is 0.0262. The van der Waals surface area contributed by atoms with Crippen molar-refractivity contribution in [2.24, 2.45) is 0 Å². The first kappa shape index (κ1) is 60.6. The fraction of sp³-hybridized carbons (Fsp3) is 0.842. The third-order valence-corrected chi connectivity index (χ3v) is 12.1. The van der Waals surface area contributed by atoms with Crippen molar-refractivity contribution in [1.82, 2.24) is 0 Å². The van der Waals surface area contributed by atoms with Crippen LogP contribution >= 0.6 is 0 Å². The van der Waals surface area contributed by atoms with Crippen LogP contribution in [0.15, 0.2) is 36.5 Å². The standard InChI is InChI=1S/C57H104O6/c1-4-7-10-13-16-19-22-25-28-31-34-37-40-43-46-49-55(58)61-52-54(63-57(60)51-48-45-42-39-36-33-30-27-24-21-18-15-12-9-6-3)53-62-56(59)50-47-44-41-38-35-32-29-26-23-20-17-14-11-8-5-2/h16,19,25,27-28,30,54H,4-15,17-18,20-24,26,29,31-53H2,1-3H3. The van der Waals surface area contributed by atoms with Gasteiger partial charge in [0.05, 0.1) is 0 Å². The Kier molecular flexibility index (Phi) is 50.3. The van der Waals surface area contributed by atoms with E-state index in [0.29, 0.717) is 19.3 Å². The van der Waals surface area contributed by atoms with Crippen LogP contribution in [-0.4, -0.2) is 37.2 Å². The molecule has 6 heteroatoms. The van der Waals surface area contributed by atoms with Crippen LogP contribution in [0.1, 0.15) is 290 Å². The number of carbonyl (C=O) groups is 3. The van der Waals surface area contributed by atoms with Gasteiger partial charge < -0.3 is 14.2 Å². The predicted octanol–water partition coefficient (Wildman–Crippen LogP) is 18.1. The Hall–Kier alpha value is -2.37. The maximum atomic E-state index is 12.8. The maximum Gasteiger partial charge on any atom is 0.306 e. The van der Waals surface area contributed by atoms with Gasteiger partial charge in [-0.1, -0.05) is 231 Å². The lowest BCUT2D eigenvalue weighted by molar-refractivity contribution is -0.167. The van der Waals surface area contributed by atoms with Crippen LogP contribution < -0.4 is 0 Å². The fourth-order valence-corrected chi connectivity index (χ4v) is 7.94. The highest BCUT2D eigenvalue weighted by Gasteiger charge is 2.19. The lowest BCUT2D eigenvalue weighted by atomic mass is 10.0. The number of hydrogen-bond acceptors (Lipinski definition) is 6. The minimum absolute atomic E-state index is 0.0767. The van der Waals surface area contributed by atoms with Crippen molar-refractivity contribution < 1.29 is 28.6 Å². The second kappa shape index (κ2) is 52.3. The largest absolute Gasteiger partial charge is 0.462 e. The van der Waals surface area contributed by atoms with Gasteiger partial charge >= 0.3 is 17.9 Å². The van der Waals surface area contributed by atoms with Crippen LogP contribution in [0.4, 0.5) is 0 Å². The molecule has 0 rings (SSSR count). The summed E-state index contributed by atoms with van der Waals surface area (Å²) in [6.45, 7) is 6.62. The topological polar surface area (TPSA) is 78.9 Å². The zero-order chi connectivity index (χ0) is 45.8. The molecule has 0 aliphatic carbocycles. The number of ether oxygens (including phenoxy) is 3. The SMILES string of the molecule is CCCCCC=CCC=CCCCCCCCC(=O)OCC(COC(=O)CCCCCCCCCCCCCCCCC)OC(=O)CCCCCCCC=CCCCCCCCC. The molecule has 0 aromatic heterocycles. The van der Waals surface area contributed by atoms with Crippen molar-refractivity contribution in [1.29, 1.82) is 0 Å². The van der Waals surface area contributed by atoms with Gasteiger partial charge in [0.25, 0.3) is 0 Å². The van der Waals surface area contributed by atoms with E-state index in [4.69, 9.17) is 14.2 Å². The molecule has 0 N–H and O–H groups in total. The fourth-order valence-electron chi connectivity index (χ4n) is 7.94. The van der Waals surface area contributed by atoms with Crippen LogP contribution in [0.3, 0.4) is 0 Å². The average molecular weight is 885 g/mol. The first-order valence-electron chi connectivity index (χ1n) is 27.5. The van der Waals surface area contributed by atoms with E-state index < -0.39 is 6.10 Å². The van der Waals surface area contributed by atoms with E-state index in [1.165, 1.54) is 167 Å². The van der Waals surface area contributed by atoms with E-state index in [1.807, 2.05) is 0 Å². The molecule has 63 heavy (non-hydrogen) atoms. The number of allylic oxidation sites excluding steroid dienone is 6. The van der Waals surface area contributed by atoms with Crippen LogP contribution in [-0.2, 0) is 28.6 Å². The van der Waals surface area contributed by atoms with Gasteiger partial charge in [0.2, 0.25) is 0 Å². The van der Waals surface area contributed by atoms with Crippen molar-refractivity contribution in [3.05, 3.63) is 36.5 Å². The summed E-state index contributed by atoms with van der Waals surface area (Å²) in [5.41, 5.74) is 0. The van der Waals surface area contributed by atoms with Crippen molar-refractivity contribution in [3.63, 3.8) is 0 Å². The Balaban J connectivity index is 4.38. The Labute approximate surface area is 391 Å². The highest BCUT2D eigenvalue weighted by atomic mass is 16.6. The Morgan fingerprint density at radius 2 is 0.571 bits per heavy atom. The third-order valence-electron chi connectivity index (χ3n) is 12.1. The van der Waals surface area contributed by atoms with E-state index >= 15 is 0 Å². The van der Waals surface area contributed by atoms with Crippen molar-refractivity contribution in [3.8, 4) is 0 Å². The molecule has 1 unspecified atom stereocenters. The Bertz CT molecular complexity index is 1060. The summed E-state index contributed by atoms with van der Waals surface area (Å²) >= 11 is 0. The van der Waals surface area contributed by atoms with Crippen LogP contribution in [0.2, 0.25) is 0 Å². The first-order valence-corrected chi connectivity index (χ1v) is 27.5. The van der Waals surface area contributed by atoms with Gasteiger partial charge in [-0.3, -0.25) is 14.4 Å². The molecule has 0 bridgehead atoms. The molecule has 0 spiro atoms. The number of rotatable bonds is 50. The monoisotopic (exact) mass is 885 g/mol. The Morgan fingerprint density at radius 3 is 0.921 bits per heavy atom. The summed E-state index contributed by atoms with van der Waals surface area (Å²) in [7, 11) is 0. The van der Waals surface area contributed by atoms with E-state index in [2.05, 4.69) is 57.2 Å². The van der Waals surface area contributed by atoms with Gasteiger partial charge in [-0.05, 0) is 77.0 Å². The first-order chi connectivity index (χ1) is 31.0.